The van der Waals surface area contributed by atoms with E-state index in [4.69, 9.17) is 0 Å². The van der Waals surface area contributed by atoms with Crippen LogP contribution in [0, 0.1) is 5.82 Å². The summed E-state index contributed by atoms with van der Waals surface area (Å²) < 4.78 is 25.5. The van der Waals surface area contributed by atoms with E-state index >= 15 is 0 Å². The summed E-state index contributed by atoms with van der Waals surface area (Å²) in [5.41, 5.74) is 0.393. The molecule has 2 aliphatic rings. The number of nitrogens with zero attached hydrogens (tertiary/aromatic N) is 1. The number of nitrogens with one attached hydrogen (secondary N) is 2. The zero-order valence-corrected chi connectivity index (χ0v) is 19.3. The van der Waals surface area contributed by atoms with E-state index in [0.717, 1.165) is 51.4 Å². The number of hydrogen-bond acceptors (Lipinski definition) is 4. The molecule has 0 bridgehead atoms. The number of carbonyl (C=O) groups excluding carboxylic acids is 3. The topological polar surface area (TPSA) is 95.6 Å². The fraction of sp³-hybridized carbons (Fsp3) is 0.609. The van der Waals surface area contributed by atoms with Crippen molar-refractivity contribution in [2.24, 2.45) is 0 Å². The summed E-state index contributed by atoms with van der Waals surface area (Å²) in [4.78, 5) is 39.7. The van der Waals surface area contributed by atoms with Crippen molar-refractivity contribution in [3.63, 3.8) is 0 Å². The first-order valence-electron chi connectivity index (χ1n) is 11.4. The molecule has 2 fully saturated rings. The molecule has 2 saturated carbocycles. The molecule has 1 aromatic rings. The van der Waals surface area contributed by atoms with E-state index < -0.39 is 28.6 Å². The first kappa shape index (κ1) is 24.4. The molecule has 2 aliphatic carbocycles. The Morgan fingerprint density at radius 3 is 2.25 bits per heavy atom. The molecule has 0 heterocycles. The minimum Gasteiger partial charge on any atom is -0.352 e. The lowest BCUT2D eigenvalue weighted by atomic mass is 10.1. The van der Waals surface area contributed by atoms with Crippen LogP contribution in [0.3, 0.4) is 0 Å². The van der Waals surface area contributed by atoms with Crippen LogP contribution in [0.5, 0.6) is 0 Å². The van der Waals surface area contributed by atoms with Crippen molar-refractivity contribution in [2.75, 3.05) is 16.8 Å². The predicted octanol–water partition coefficient (Wildman–Crippen LogP) is 2.73. The molecule has 7 nitrogen and oxygen atoms in total. The molecule has 3 amide bonds. The smallest absolute Gasteiger partial charge is 0.242 e. The second kappa shape index (κ2) is 11.5. The van der Waals surface area contributed by atoms with E-state index in [9.17, 15) is 23.0 Å². The van der Waals surface area contributed by atoms with Gasteiger partial charge in [0.05, 0.1) is 0 Å². The quantitative estimate of drug-likeness (QED) is 0.586. The zero-order chi connectivity index (χ0) is 23.1. The second-order valence-corrected chi connectivity index (χ2v) is 10.1. The fourth-order valence-electron chi connectivity index (χ4n) is 4.58. The van der Waals surface area contributed by atoms with Crippen molar-refractivity contribution in [1.82, 2.24) is 10.2 Å². The molecule has 0 aromatic heterocycles. The molecule has 0 aliphatic heterocycles. The highest BCUT2D eigenvalue weighted by Crippen LogP contribution is 2.26. The largest absolute Gasteiger partial charge is 0.352 e. The van der Waals surface area contributed by atoms with Crippen LogP contribution < -0.4 is 10.6 Å². The van der Waals surface area contributed by atoms with Crippen LogP contribution in [0.4, 0.5) is 10.1 Å². The van der Waals surface area contributed by atoms with Gasteiger partial charge in [-0.3, -0.25) is 18.6 Å². The van der Waals surface area contributed by atoms with Gasteiger partial charge < -0.3 is 15.5 Å². The summed E-state index contributed by atoms with van der Waals surface area (Å²) in [6, 6.07) is 4.73. The predicted molar refractivity (Wildman–Crippen MR) is 122 cm³/mol. The second-order valence-electron chi connectivity index (χ2n) is 8.69. The maximum absolute atomic E-state index is 13.1. The summed E-state index contributed by atoms with van der Waals surface area (Å²) >= 11 is 0. The summed E-state index contributed by atoms with van der Waals surface area (Å²) in [6.07, 6.45) is 7.76. The monoisotopic (exact) mass is 465 g/mol. The Hall–Kier alpha value is -2.29. The van der Waals surface area contributed by atoms with Crippen LogP contribution in [-0.2, 0) is 25.2 Å². The molecule has 1 aromatic carbocycles. The van der Waals surface area contributed by atoms with Gasteiger partial charge in [-0.15, -0.1) is 0 Å². The number of rotatable bonds is 9. The van der Waals surface area contributed by atoms with Gasteiger partial charge in [0, 0.05) is 28.6 Å². The van der Waals surface area contributed by atoms with Crippen LogP contribution in [0.15, 0.2) is 24.3 Å². The molecule has 176 valence electrons. The Labute approximate surface area is 191 Å². The van der Waals surface area contributed by atoms with Gasteiger partial charge in [0.2, 0.25) is 17.7 Å². The van der Waals surface area contributed by atoms with E-state index in [1.807, 2.05) is 0 Å². The van der Waals surface area contributed by atoms with Gasteiger partial charge in [0.1, 0.15) is 23.4 Å². The van der Waals surface area contributed by atoms with E-state index in [-0.39, 0.29) is 35.4 Å². The van der Waals surface area contributed by atoms with Crippen molar-refractivity contribution in [1.29, 1.82) is 0 Å². The third-order valence-corrected chi connectivity index (χ3v) is 7.36. The minimum atomic E-state index is -1.72. The number of hydrogen-bond donors (Lipinski definition) is 2. The van der Waals surface area contributed by atoms with Gasteiger partial charge in [-0.1, -0.05) is 25.7 Å². The lowest BCUT2D eigenvalue weighted by Gasteiger charge is -2.34. The highest BCUT2D eigenvalue weighted by atomic mass is 32.2. The van der Waals surface area contributed by atoms with E-state index in [2.05, 4.69) is 10.6 Å². The third kappa shape index (κ3) is 6.85. The molecule has 3 rings (SSSR count). The number of halogens is 1. The average Bonchev–Trinajstić information content (AvgIpc) is 3.44. The van der Waals surface area contributed by atoms with Crippen molar-refractivity contribution in [2.45, 2.75) is 76.4 Å². The van der Waals surface area contributed by atoms with Crippen LogP contribution >= 0.6 is 0 Å². The SMILES string of the molecule is C[C@@H](C(=O)NC1CCCC1)N(C(=O)C[S@](=O)CC(=O)Nc1ccc(F)cc1)C1CCCC1. The number of carbonyl (C=O) groups is 3. The zero-order valence-electron chi connectivity index (χ0n) is 18.5. The molecular weight excluding hydrogens is 433 g/mol. The molecule has 0 spiro atoms. The Morgan fingerprint density at radius 2 is 1.62 bits per heavy atom. The maximum Gasteiger partial charge on any atom is 0.242 e. The molecule has 0 saturated heterocycles. The van der Waals surface area contributed by atoms with Crippen LogP contribution in [-0.4, -0.2) is 56.5 Å². The molecule has 32 heavy (non-hydrogen) atoms. The Balaban J connectivity index is 1.57. The molecule has 2 N–H and O–H groups in total. The van der Waals surface area contributed by atoms with Crippen molar-refractivity contribution >= 4 is 34.2 Å². The van der Waals surface area contributed by atoms with Gasteiger partial charge in [0.15, 0.2) is 0 Å². The van der Waals surface area contributed by atoms with Gasteiger partial charge in [-0.2, -0.15) is 0 Å². The van der Waals surface area contributed by atoms with Gasteiger partial charge in [0.25, 0.3) is 0 Å². The van der Waals surface area contributed by atoms with Crippen molar-refractivity contribution in [3.05, 3.63) is 30.1 Å². The number of anilines is 1. The van der Waals surface area contributed by atoms with Gasteiger partial charge in [-0.25, -0.2) is 4.39 Å². The lowest BCUT2D eigenvalue weighted by Crippen LogP contribution is -2.54. The standard InChI is InChI=1S/C23H32FN3O4S/c1-16(23(30)26-18-6-2-3-7-18)27(20-8-4-5-9-20)22(29)15-32(31)14-21(28)25-19-12-10-17(24)11-13-19/h10-13,16,18,20H,2-9,14-15H2,1H3,(H,25,28)(H,26,30)/t16-,32+/m0/s1. The first-order chi connectivity index (χ1) is 15.3. The highest BCUT2D eigenvalue weighted by Gasteiger charge is 2.35. The van der Waals surface area contributed by atoms with Gasteiger partial charge in [-0.05, 0) is 56.9 Å². The number of amides is 3. The van der Waals surface area contributed by atoms with Crippen LogP contribution in [0.1, 0.15) is 58.3 Å². The highest BCUT2D eigenvalue weighted by molar-refractivity contribution is 7.86. The fourth-order valence-corrected chi connectivity index (χ4v) is 5.47. The Kier molecular flexibility index (Phi) is 8.78. The summed E-state index contributed by atoms with van der Waals surface area (Å²) in [5, 5.41) is 5.61. The molecule has 0 unspecified atom stereocenters. The molecule has 2 atom stereocenters. The van der Waals surface area contributed by atoms with Crippen molar-refractivity contribution in [3.8, 4) is 0 Å². The van der Waals surface area contributed by atoms with E-state index in [1.54, 1.807) is 11.8 Å². The summed E-state index contributed by atoms with van der Waals surface area (Å²) in [7, 11) is -1.72. The summed E-state index contributed by atoms with van der Waals surface area (Å²) in [6.45, 7) is 1.73. The van der Waals surface area contributed by atoms with Crippen molar-refractivity contribution < 1.29 is 23.0 Å². The minimum absolute atomic E-state index is 0.0446. The first-order valence-corrected chi connectivity index (χ1v) is 12.8. The third-order valence-electron chi connectivity index (χ3n) is 6.21. The van der Waals surface area contributed by atoms with E-state index in [1.165, 1.54) is 24.3 Å². The lowest BCUT2D eigenvalue weighted by molar-refractivity contribution is -0.140. The maximum atomic E-state index is 13.1. The molecule has 0 radical (unpaired) electrons. The van der Waals surface area contributed by atoms with Crippen LogP contribution in [0.2, 0.25) is 0 Å². The molecular formula is C23H32FN3O4S. The molecule has 9 heteroatoms. The number of benzene rings is 1. The average molecular weight is 466 g/mol. The Bertz CT molecular complexity index is 836. The Morgan fingerprint density at radius 1 is 1.03 bits per heavy atom. The van der Waals surface area contributed by atoms with Gasteiger partial charge >= 0.3 is 0 Å². The van der Waals surface area contributed by atoms with Crippen LogP contribution in [0.25, 0.3) is 0 Å². The van der Waals surface area contributed by atoms with E-state index in [0.29, 0.717) is 5.69 Å². The summed E-state index contributed by atoms with van der Waals surface area (Å²) in [5.74, 6) is -2.12. The normalized spacial score (nSPS) is 18.8.